The molecule has 90 valence electrons. The second-order valence-corrected chi connectivity index (χ2v) is 4.77. The minimum Gasteiger partial charge on any atom is -0.459 e. The average Bonchev–Trinajstić information content (AvgIpc) is 2.84. The Morgan fingerprint density at radius 2 is 1.82 bits per heavy atom. The highest BCUT2D eigenvalue weighted by Gasteiger charge is 2.34. The Kier molecular flexibility index (Phi) is 2.23. The number of rotatable bonds is 1. The van der Waals surface area contributed by atoms with Crippen LogP contribution in [-0.2, 0) is 5.54 Å². The molecule has 0 spiro atoms. The van der Waals surface area contributed by atoms with Crippen molar-refractivity contribution in [2.24, 2.45) is 5.73 Å². The van der Waals surface area contributed by atoms with E-state index >= 15 is 0 Å². The van der Waals surface area contributed by atoms with E-state index in [0.29, 0.717) is 11.1 Å². The van der Waals surface area contributed by atoms with Crippen molar-refractivity contribution >= 4 is 11.0 Å². The molecule has 0 radical (unpaired) electrons. The molecule has 17 heavy (non-hydrogen) atoms. The number of fused-ring (bicyclic) bond motifs is 1. The van der Waals surface area contributed by atoms with Crippen molar-refractivity contribution in [1.29, 1.82) is 0 Å². The summed E-state index contributed by atoms with van der Waals surface area (Å²) in [6.45, 7) is 0. The molecule has 1 aliphatic carbocycles. The van der Waals surface area contributed by atoms with Gasteiger partial charge in [-0.1, -0.05) is 12.8 Å². The summed E-state index contributed by atoms with van der Waals surface area (Å²) in [6.07, 6.45) is 3.75. The SMILES string of the molecule is NC1(c2cc3c(F)cc(F)cc3o2)CCCC1. The van der Waals surface area contributed by atoms with Gasteiger partial charge in [0.05, 0.1) is 10.9 Å². The molecule has 0 saturated heterocycles. The van der Waals surface area contributed by atoms with Gasteiger partial charge in [-0.05, 0) is 18.9 Å². The topological polar surface area (TPSA) is 39.2 Å². The fourth-order valence-electron chi connectivity index (χ4n) is 2.56. The monoisotopic (exact) mass is 237 g/mol. The van der Waals surface area contributed by atoms with Crippen LogP contribution in [0.1, 0.15) is 31.4 Å². The number of benzene rings is 1. The third kappa shape index (κ3) is 1.63. The van der Waals surface area contributed by atoms with Crippen LogP contribution in [-0.4, -0.2) is 0 Å². The van der Waals surface area contributed by atoms with E-state index in [1.165, 1.54) is 6.07 Å². The maximum atomic E-state index is 13.5. The molecule has 1 aromatic carbocycles. The Morgan fingerprint density at radius 3 is 2.53 bits per heavy atom. The molecule has 2 aromatic rings. The van der Waals surface area contributed by atoms with Crippen LogP contribution < -0.4 is 5.73 Å². The number of hydrogen-bond donors (Lipinski definition) is 1. The second kappa shape index (κ2) is 3.53. The minimum atomic E-state index is -0.631. The minimum absolute atomic E-state index is 0.231. The van der Waals surface area contributed by atoms with E-state index in [0.717, 1.165) is 31.7 Å². The van der Waals surface area contributed by atoms with E-state index in [1.54, 1.807) is 6.07 Å². The molecule has 0 aliphatic heterocycles. The first-order valence-electron chi connectivity index (χ1n) is 5.76. The molecule has 3 rings (SSSR count). The van der Waals surface area contributed by atoms with Crippen LogP contribution in [0.5, 0.6) is 0 Å². The lowest BCUT2D eigenvalue weighted by molar-refractivity contribution is 0.362. The number of hydrogen-bond acceptors (Lipinski definition) is 2. The van der Waals surface area contributed by atoms with Gasteiger partial charge in [0.2, 0.25) is 0 Å². The van der Waals surface area contributed by atoms with Crippen LogP contribution in [0.3, 0.4) is 0 Å². The molecule has 1 aromatic heterocycles. The van der Waals surface area contributed by atoms with Crippen molar-refractivity contribution in [3.63, 3.8) is 0 Å². The number of halogens is 2. The van der Waals surface area contributed by atoms with Gasteiger partial charge < -0.3 is 10.2 Å². The summed E-state index contributed by atoms with van der Waals surface area (Å²) in [4.78, 5) is 0. The van der Waals surface area contributed by atoms with E-state index in [-0.39, 0.29) is 5.58 Å². The first kappa shape index (κ1) is 10.7. The molecule has 0 amide bonds. The molecule has 1 saturated carbocycles. The largest absolute Gasteiger partial charge is 0.459 e. The molecule has 0 atom stereocenters. The highest BCUT2D eigenvalue weighted by molar-refractivity contribution is 5.79. The molecule has 0 bridgehead atoms. The Morgan fingerprint density at radius 1 is 1.12 bits per heavy atom. The summed E-state index contributed by atoms with van der Waals surface area (Å²) in [5.74, 6) is -0.667. The van der Waals surface area contributed by atoms with Crippen LogP contribution in [0, 0.1) is 11.6 Å². The maximum absolute atomic E-state index is 13.5. The highest BCUT2D eigenvalue weighted by Crippen LogP contribution is 2.39. The third-order valence-corrected chi connectivity index (χ3v) is 3.54. The van der Waals surface area contributed by atoms with Gasteiger partial charge in [0.15, 0.2) is 0 Å². The summed E-state index contributed by atoms with van der Waals surface area (Å²) in [5, 5.41) is 0.304. The number of nitrogens with two attached hydrogens (primary N) is 1. The average molecular weight is 237 g/mol. The molecule has 0 unspecified atom stereocenters. The standard InChI is InChI=1S/C13H13F2NO/c14-8-5-10(15)9-7-12(17-11(9)6-8)13(16)3-1-2-4-13/h5-7H,1-4,16H2. The predicted molar refractivity (Wildman–Crippen MR) is 60.5 cm³/mol. The number of furan rings is 1. The van der Waals surface area contributed by atoms with E-state index in [9.17, 15) is 8.78 Å². The first-order valence-corrected chi connectivity index (χ1v) is 5.76. The fraction of sp³-hybridized carbons (Fsp3) is 0.385. The molecular formula is C13H13F2NO. The lowest BCUT2D eigenvalue weighted by Crippen LogP contribution is -2.32. The summed E-state index contributed by atoms with van der Waals surface area (Å²) >= 11 is 0. The second-order valence-electron chi connectivity index (χ2n) is 4.77. The van der Waals surface area contributed by atoms with Crippen LogP contribution in [0.4, 0.5) is 8.78 Å². The van der Waals surface area contributed by atoms with Gasteiger partial charge in [-0.15, -0.1) is 0 Å². The van der Waals surface area contributed by atoms with E-state index in [1.807, 2.05) is 0 Å². The van der Waals surface area contributed by atoms with Gasteiger partial charge in [-0.3, -0.25) is 0 Å². The van der Waals surface area contributed by atoms with Crippen LogP contribution in [0.25, 0.3) is 11.0 Å². The molecule has 2 N–H and O–H groups in total. The molecule has 1 heterocycles. The normalized spacial score (nSPS) is 19.0. The van der Waals surface area contributed by atoms with Crippen LogP contribution in [0.15, 0.2) is 22.6 Å². The molecule has 1 aliphatic rings. The maximum Gasteiger partial charge on any atom is 0.140 e. The summed E-state index contributed by atoms with van der Waals surface area (Å²) in [5.41, 5.74) is 5.94. The lowest BCUT2D eigenvalue weighted by Gasteiger charge is -2.19. The van der Waals surface area contributed by atoms with Crippen molar-refractivity contribution in [1.82, 2.24) is 0 Å². The van der Waals surface area contributed by atoms with E-state index < -0.39 is 17.2 Å². The smallest absolute Gasteiger partial charge is 0.140 e. The zero-order valence-corrected chi connectivity index (χ0v) is 9.30. The Labute approximate surface area is 97.4 Å². The zero-order chi connectivity index (χ0) is 12.0. The zero-order valence-electron chi connectivity index (χ0n) is 9.30. The van der Waals surface area contributed by atoms with Crippen molar-refractivity contribution in [3.8, 4) is 0 Å². The molecular weight excluding hydrogens is 224 g/mol. The highest BCUT2D eigenvalue weighted by atomic mass is 19.1. The van der Waals surface area contributed by atoms with E-state index in [2.05, 4.69) is 0 Å². The lowest BCUT2D eigenvalue weighted by atomic mass is 9.96. The van der Waals surface area contributed by atoms with Crippen molar-refractivity contribution < 1.29 is 13.2 Å². The van der Waals surface area contributed by atoms with Crippen molar-refractivity contribution in [2.75, 3.05) is 0 Å². The van der Waals surface area contributed by atoms with Gasteiger partial charge in [0, 0.05) is 12.1 Å². The molecule has 2 nitrogen and oxygen atoms in total. The van der Waals surface area contributed by atoms with Crippen LogP contribution >= 0.6 is 0 Å². The van der Waals surface area contributed by atoms with Gasteiger partial charge in [-0.2, -0.15) is 0 Å². The summed E-state index contributed by atoms with van der Waals surface area (Å²) in [6, 6.07) is 3.66. The Bertz CT molecular complexity index is 570. The van der Waals surface area contributed by atoms with E-state index in [4.69, 9.17) is 10.2 Å². The van der Waals surface area contributed by atoms with Gasteiger partial charge in [0.1, 0.15) is 23.0 Å². The van der Waals surface area contributed by atoms with Gasteiger partial charge >= 0.3 is 0 Å². The third-order valence-electron chi connectivity index (χ3n) is 3.54. The van der Waals surface area contributed by atoms with Gasteiger partial charge in [-0.25, -0.2) is 8.78 Å². The summed E-state index contributed by atoms with van der Waals surface area (Å²) in [7, 11) is 0. The predicted octanol–water partition coefficient (Wildman–Crippen LogP) is 3.44. The Hall–Kier alpha value is -1.42. The van der Waals surface area contributed by atoms with Crippen molar-refractivity contribution in [3.05, 3.63) is 35.6 Å². The quantitative estimate of drug-likeness (QED) is 0.825. The van der Waals surface area contributed by atoms with Crippen molar-refractivity contribution in [2.45, 2.75) is 31.2 Å². The van der Waals surface area contributed by atoms with Crippen LogP contribution in [0.2, 0.25) is 0 Å². The Balaban J connectivity index is 2.16. The molecule has 1 fully saturated rings. The first-order chi connectivity index (χ1) is 8.08. The summed E-state index contributed by atoms with van der Waals surface area (Å²) < 4.78 is 32.1. The fourth-order valence-corrected chi connectivity index (χ4v) is 2.56. The molecule has 4 heteroatoms. The van der Waals surface area contributed by atoms with Gasteiger partial charge in [0.25, 0.3) is 0 Å².